The SMILES string of the molecule is O=C(NC1CCCC1)NC(Cc1ccc(O)cc1)(c1cccc(OC(F)(F)F)c1)C1C=C(OC(F)(F)F)C=CC1. The third-order valence-corrected chi connectivity index (χ3v) is 6.93. The Morgan fingerprint density at radius 3 is 2.27 bits per heavy atom. The van der Waals surface area contributed by atoms with Crippen molar-refractivity contribution in [3.63, 3.8) is 0 Å². The van der Waals surface area contributed by atoms with Crippen LogP contribution in [0.3, 0.4) is 0 Å². The normalized spacial score (nSPS) is 19.4. The third-order valence-electron chi connectivity index (χ3n) is 6.93. The first-order valence-electron chi connectivity index (χ1n) is 12.7. The van der Waals surface area contributed by atoms with Crippen molar-refractivity contribution < 1.29 is 45.7 Å². The Morgan fingerprint density at radius 2 is 1.62 bits per heavy atom. The molecule has 2 aromatic carbocycles. The van der Waals surface area contributed by atoms with Crippen LogP contribution in [0.15, 0.2) is 72.5 Å². The van der Waals surface area contributed by atoms with E-state index in [4.69, 9.17) is 0 Å². The van der Waals surface area contributed by atoms with Crippen molar-refractivity contribution in [3.8, 4) is 11.5 Å². The van der Waals surface area contributed by atoms with Crippen molar-refractivity contribution in [1.29, 1.82) is 0 Å². The first-order valence-corrected chi connectivity index (χ1v) is 12.7. The molecule has 216 valence electrons. The third kappa shape index (κ3) is 7.86. The minimum absolute atomic E-state index is 0.0387. The van der Waals surface area contributed by atoms with Crippen LogP contribution in [0.25, 0.3) is 0 Å². The summed E-state index contributed by atoms with van der Waals surface area (Å²) in [6.07, 6.45) is -2.72. The number of benzene rings is 2. The zero-order valence-corrected chi connectivity index (χ0v) is 21.2. The maximum atomic E-state index is 13.4. The van der Waals surface area contributed by atoms with Crippen LogP contribution in [0.2, 0.25) is 0 Å². The van der Waals surface area contributed by atoms with Crippen LogP contribution >= 0.6 is 0 Å². The number of phenols is 1. The van der Waals surface area contributed by atoms with E-state index in [-0.39, 0.29) is 30.2 Å². The van der Waals surface area contributed by atoms with Crippen LogP contribution in [0, 0.1) is 5.92 Å². The number of ether oxygens (including phenoxy) is 2. The number of hydrogen-bond acceptors (Lipinski definition) is 4. The van der Waals surface area contributed by atoms with Crippen LogP contribution < -0.4 is 15.4 Å². The first kappa shape index (κ1) is 29.2. The molecule has 0 aromatic heterocycles. The van der Waals surface area contributed by atoms with E-state index in [1.807, 2.05) is 0 Å². The van der Waals surface area contributed by atoms with E-state index in [0.29, 0.717) is 5.56 Å². The van der Waals surface area contributed by atoms with Gasteiger partial charge < -0.3 is 25.2 Å². The topological polar surface area (TPSA) is 79.8 Å². The van der Waals surface area contributed by atoms with E-state index < -0.39 is 41.7 Å². The number of alkyl halides is 6. The Morgan fingerprint density at radius 1 is 0.950 bits per heavy atom. The average Bonchev–Trinajstić information content (AvgIpc) is 3.36. The smallest absolute Gasteiger partial charge is 0.508 e. The lowest BCUT2D eigenvalue weighted by molar-refractivity contribution is -0.303. The largest absolute Gasteiger partial charge is 0.573 e. The minimum atomic E-state index is -4.99. The van der Waals surface area contributed by atoms with E-state index in [9.17, 15) is 36.2 Å². The van der Waals surface area contributed by atoms with Gasteiger partial charge in [-0.25, -0.2) is 4.79 Å². The molecule has 0 heterocycles. The summed E-state index contributed by atoms with van der Waals surface area (Å²) in [5.74, 6) is -2.00. The summed E-state index contributed by atoms with van der Waals surface area (Å²) in [7, 11) is 0. The molecule has 2 atom stereocenters. The van der Waals surface area contributed by atoms with Crippen molar-refractivity contribution in [1.82, 2.24) is 10.6 Å². The monoisotopic (exact) mass is 570 g/mol. The van der Waals surface area contributed by atoms with Gasteiger partial charge in [0.25, 0.3) is 0 Å². The van der Waals surface area contributed by atoms with Gasteiger partial charge in [-0.05, 0) is 66.8 Å². The van der Waals surface area contributed by atoms with E-state index >= 15 is 0 Å². The van der Waals surface area contributed by atoms with Gasteiger partial charge in [0.1, 0.15) is 17.3 Å². The molecule has 3 N–H and O–H groups in total. The highest BCUT2D eigenvalue weighted by atomic mass is 19.4. The summed E-state index contributed by atoms with van der Waals surface area (Å²) in [4.78, 5) is 13.4. The Labute approximate surface area is 226 Å². The molecule has 2 amide bonds. The van der Waals surface area contributed by atoms with Crippen LogP contribution in [-0.2, 0) is 16.7 Å². The number of carbonyl (C=O) groups excluding carboxylic acids is 1. The maximum absolute atomic E-state index is 13.4. The number of allylic oxidation sites excluding steroid dienone is 2. The number of halogens is 6. The predicted octanol–water partition coefficient (Wildman–Crippen LogP) is 6.97. The number of carbonyl (C=O) groups is 1. The summed E-state index contributed by atoms with van der Waals surface area (Å²) in [5.41, 5.74) is -0.829. The highest BCUT2D eigenvalue weighted by molar-refractivity contribution is 5.76. The Hall–Kier alpha value is -3.83. The van der Waals surface area contributed by atoms with Crippen LogP contribution in [0.4, 0.5) is 31.1 Å². The van der Waals surface area contributed by atoms with Gasteiger partial charge in [-0.15, -0.1) is 26.3 Å². The second-order valence-electron chi connectivity index (χ2n) is 9.83. The number of amides is 2. The molecule has 12 heteroatoms. The molecule has 0 radical (unpaired) electrons. The lowest BCUT2D eigenvalue weighted by Crippen LogP contribution is -2.56. The lowest BCUT2D eigenvalue weighted by atomic mass is 9.71. The van der Waals surface area contributed by atoms with Gasteiger partial charge in [-0.3, -0.25) is 0 Å². The van der Waals surface area contributed by atoms with Gasteiger partial charge in [0.15, 0.2) is 0 Å². The second-order valence-corrected chi connectivity index (χ2v) is 9.83. The van der Waals surface area contributed by atoms with Gasteiger partial charge >= 0.3 is 18.8 Å². The molecule has 0 bridgehead atoms. The molecule has 2 aliphatic rings. The molecule has 1 saturated carbocycles. The molecule has 4 rings (SSSR count). The highest BCUT2D eigenvalue weighted by Crippen LogP contribution is 2.42. The van der Waals surface area contributed by atoms with Gasteiger partial charge in [-0.1, -0.05) is 43.2 Å². The quantitative estimate of drug-likeness (QED) is 0.300. The van der Waals surface area contributed by atoms with Crippen LogP contribution in [-0.4, -0.2) is 29.9 Å². The standard InChI is InChI=1S/C28H28F6N2O4/c29-27(30,31)39-23-9-3-5-19(15-23)26(17-18-11-13-22(37)14-12-18,36-25(38)35-21-7-1-2-8-21)20-6-4-10-24(16-20)40-28(32,33)34/h3-5,9-16,20-21,37H,1-2,6-8,17H2,(H2,35,36,38). The first-order chi connectivity index (χ1) is 18.8. The van der Waals surface area contributed by atoms with Crippen LogP contribution in [0.5, 0.6) is 11.5 Å². The fraction of sp³-hybridized carbons (Fsp3) is 0.393. The summed E-state index contributed by atoms with van der Waals surface area (Å²) in [6, 6.07) is 10.2. The summed E-state index contributed by atoms with van der Waals surface area (Å²) < 4.78 is 86.8. The number of urea groups is 1. The van der Waals surface area contributed by atoms with Crippen molar-refractivity contribution in [2.45, 2.75) is 62.8 Å². The number of phenolic OH excluding ortho intramolecular Hbond substituents is 1. The van der Waals surface area contributed by atoms with E-state index in [1.54, 1.807) is 12.1 Å². The van der Waals surface area contributed by atoms with Crippen LogP contribution in [0.1, 0.15) is 43.2 Å². The van der Waals surface area contributed by atoms with Gasteiger partial charge in [0.05, 0.1) is 5.54 Å². The summed E-state index contributed by atoms with van der Waals surface area (Å²) in [5, 5.41) is 15.6. The highest BCUT2D eigenvalue weighted by Gasteiger charge is 2.44. The molecule has 0 aliphatic heterocycles. The summed E-state index contributed by atoms with van der Waals surface area (Å²) in [6.45, 7) is 0. The molecule has 2 unspecified atom stereocenters. The Kier molecular flexibility index (Phi) is 8.55. The molecule has 0 spiro atoms. The Balaban J connectivity index is 1.83. The summed E-state index contributed by atoms with van der Waals surface area (Å²) >= 11 is 0. The zero-order chi connectivity index (χ0) is 29.0. The second kappa shape index (κ2) is 11.7. The van der Waals surface area contributed by atoms with Gasteiger partial charge in [0.2, 0.25) is 0 Å². The van der Waals surface area contributed by atoms with Gasteiger partial charge in [0, 0.05) is 18.4 Å². The average molecular weight is 571 g/mol. The van der Waals surface area contributed by atoms with E-state index in [2.05, 4.69) is 20.1 Å². The molecule has 1 fully saturated rings. The number of nitrogens with one attached hydrogen (secondary N) is 2. The fourth-order valence-electron chi connectivity index (χ4n) is 5.25. The Bertz CT molecular complexity index is 1240. The number of rotatable bonds is 8. The van der Waals surface area contributed by atoms with Gasteiger partial charge in [-0.2, -0.15) is 0 Å². The fourth-order valence-corrected chi connectivity index (χ4v) is 5.25. The molecular weight excluding hydrogens is 542 g/mol. The molecule has 6 nitrogen and oxygen atoms in total. The maximum Gasteiger partial charge on any atom is 0.573 e. The van der Waals surface area contributed by atoms with Crippen molar-refractivity contribution in [2.75, 3.05) is 0 Å². The van der Waals surface area contributed by atoms with Crippen molar-refractivity contribution in [3.05, 3.63) is 83.6 Å². The molecule has 2 aromatic rings. The van der Waals surface area contributed by atoms with Crippen molar-refractivity contribution >= 4 is 6.03 Å². The molecular formula is C28H28F6N2O4. The lowest BCUT2D eigenvalue weighted by Gasteiger charge is -2.42. The van der Waals surface area contributed by atoms with E-state index in [1.165, 1.54) is 36.4 Å². The number of aromatic hydroxyl groups is 1. The molecule has 40 heavy (non-hydrogen) atoms. The van der Waals surface area contributed by atoms with Crippen molar-refractivity contribution in [2.24, 2.45) is 5.92 Å². The predicted molar refractivity (Wildman–Crippen MR) is 133 cm³/mol. The minimum Gasteiger partial charge on any atom is -0.508 e. The number of hydrogen-bond donors (Lipinski definition) is 3. The zero-order valence-electron chi connectivity index (χ0n) is 21.2. The van der Waals surface area contributed by atoms with E-state index in [0.717, 1.165) is 43.9 Å². The molecule has 2 aliphatic carbocycles. The molecule has 0 saturated heterocycles.